The summed E-state index contributed by atoms with van der Waals surface area (Å²) in [5, 5.41) is 0. The second kappa shape index (κ2) is 23.5. The zero-order valence-corrected chi connectivity index (χ0v) is 48.7. The number of nitrogens with zero attached hydrogens (tertiary/aromatic N) is 4. The molecule has 0 atom stereocenters. The van der Waals surface area contributed by atoms with Crippen molar-refractivity contribution in [2.75, 3.05) is 19.6 Å². The van der Waals surface area contributed by atoms with Crippen LogP contribution in [0, 0.1) is 69.2 Å². The minimum atomic E-state index is 0.716. The molecule has 0 fully saturated rings. The third-order valence-corrected chi connectivity index (χ3v) is 15.5. The van der Waals surface area contributed by atoms with Crippen molar-refractivity contribution >= 4 is 68.2 Å². The number of hydrogen-bond donors (Lipinski definition) is 0. The van der Waals surface area contributed by atoms with E-state index in [0.717, 1.165) is 113 Å². The molecule has 82 heavy (non-hydrogen) atoms. The number of anilines is 12. The summed E-state index contributed by atoms with van der Waals surface area (Å²) in [5.74, 6) is 3.12. The van der Waals surface area contributed by atoms with Crippen LogP contribution in [0.3, 0.4) is 0 Å². The Morgan fingerprint density at radius 2 is 0.463 bits per heavy atom. The van der Waals surface area contributed by atoms with E-state index >= 15 is 0 Å². The number of benzene rings is 11. The Kier molecular flexibility index (Phi) is 15.5. The van der Waals surface area contributed by atoms with Crippen molar-refractivity contribution in [1.82, 2.24) is 0 Å². The van der Waals surface area contributed by atoms with Gasteiger partial charge in [0.15, 0.2) is 0 Å². The van der Waals surface area contributed by atoms with E-state index in [9.17, 15) is 0 Å². The lowest BCUT2D eigenvalue weighted by atomic mass is 10.0. The lowest BCUT2D eigenvalue weighted by Crippen LogP contribution is -2.17. The first-order valence-corrected chi connectivity index (χ1v) is 28.2. The molecule has 406 valence electrons. The van der Waals surface area contributed by atoms with E-state index in [-0.39, 0.29) is 0 Å². The van der Waals surface area contributed by atoms with Gasteiger partial charge in [0.25, 0.3) is 0 Å². The van der Waals surface area contributed by atoms with Gasteiger partial charge in [-0.25, -0.2) is 0 Å². The second-order valence-electron chi connectivity index (χ2n) is 21.6. The van der Waals surface area contributed by atoms with Gasteiger partial charge in [-0.15, -0.1) is 0 Å². The molecule has 0 saturated heterocycles. The van der Waals surface area contributed by atoms with Crippen LogP contribution in [-0.2, 0) is 0 Å². The largest absolute Gasteiger partial charge is 0.457 e. The van der Waals surface area contributed by atoms with Crippen LogP contribution in [0.4, 0.5) is 68.2 Å². The van der Waals surface area contributed by atoms with Crippen LogP contribution in [0.1, 0.15) is 55.6 Å². The van der Waals surface area contributed by atoms with Crippen molar-refractivity contribution in [3.8, 4) is 23.0 Å². The number of ether oxygens (including phenoxy) is 2. The molecule has 0 aliphatic heterocycles. The van der Waals surface area contributed by atoms with Crippen LogP contribution in [0.25, 0.3) is 0 Å². The van der Waals surface area contributed by atoms with Crippen LogP contribution in [-0.4, -0.2) is 0 Å². The highest BCUT2D eigenvalue weighted by Gasteiger charge is 2.26. The maximum absolute atomic E-state index is 7.15. The molecule has 6 nitrogen and oxygen atoms in total. The molecule has 6 heteroatoms. The Hall–Kier alpha value is -9.78. The van der Waals surface area contributed by atoms with Gasteiger partial charge in [0, 0.05) is 58.4 Å². The highest BCUT2D eigenvalue weighted by atomic mass is 16.5. The quantitative estimate of drug-likeness (QED) is 0.0959. The molecule has 0 bridgehead atoms. The van der Waals surface area contributed by atoms with Gasteiger partial charge >= 0.3 is 0 Å². The third-order valence-electron chi connectivity index (χ3n) is 15.5. The van der Waals surface area contributed by atoms with Crippen LogP contribution in [0.5, 0.6) is 23.0 Å². The van der Waals surface area contributed by atoms with Gasteiger partial charge in [0.1, 0.15) is 23.0 Å². The molecule has 11 rings (SSSR count). The predicted octanol–water partition coefficient (Wildman–Crippen LogP) is 22.2. The van der Waals surface area contributed by atoms with Gasteiger partial charge in [-0.05, 0) is 192 Å². The molecule has 11 aromatic carbocycles. The SMILES string of the molecule is Cc1ccccc1N(c1cccc(N(c2cc(Oc3c(C)cccc3C)cc(N(c3ccccc3)c3c(C)cccc3C)c2)c2ccccc2C)c1)c1cc(Oc2c(C)cccc2C)cc(N(c2ccccc2)c2c(C)cccc2C)c1. The smallest absolute Gasteiger partial charge is 0.133 e. The fourth-order valence-corrected chi connectivity index (χ4v) is 11.5. The maximum Gasteiger partial charge on any atom is 0.133 e. The maximum atomic E-state index is 7.15. The van der Waals surface area contributed by atoms with E-state index in [1.54, 1.807) is 0 Å². The molecule has 0 aromatic heterocycles. The highest BCUT2D eigenvalue weighted by molar-refractivity contribution is 5.90. The van der Waals surface area contributed by atoms with E-state index in [2.05, 4.69) is 331 Å². The summed E-state index contributed by atoms with van der Waals surface area (Å²) in [7, 11) is 0. The van der Waals surface area contributed by atoms with Crippen LogP contribution < -0.4 is 29.1 Å². The molecule has 0 N–H and O–H groups in total. The van der Waals surface area contributed by atoms with E-state index < -0.39 is 0 Å². The van der Waals surface area contributed by atoms with E-state index in [0.29, 0.717) is 11.5 Å². The lowest BCUT2D eigenvalue weighted by Gasteiger charge is -2.34. The summed E-state index contributed by atoms with van der Waals surface area (Å²) >= 11 is 0. The number of rotatable bonds is 16. The Balaban J connectivity index is 1.16. The summed E-state index contributed by atoms with van der Waals surface area (Å²) in [6, 6.07) is 86.6. The van der Waals surface area contributed by atoms with E-state index in [1.807, 2.05) is 0 Å². The molecular weight excluding hydrogens is 1000 g/mol. The summed E-state index contributed by atoms with van der Waals surface area (Å²) in [6.45, 7) is 21.6. The van der Waals surface area contributed by atoms with Gasteiger partial charge in [-0.2, -0.15) is 0 Å². The number of para-hydroxylation sites is 8. The average Bonchev–Trinajstić information content (AvgIpc) is 3.25. The predicted molar refractivity (Wildman–Crippen MR) is 346 cm³/mol. The molecule has 0 aliphatic carbocycles. The van der Waals surface area contributed by atoms with Gasteiger partial charge in [0.2, 0.25) is 0 Å². The number of aryl methyl sites for hydroxylation is 10. The summed E-state index contributed by atoms with van der Waals surface area (Å²) in [6.07, 6.45) is 0. The van der Waals surface area contributed by atoms with E-state index in [4.69, 9.17) is 9.47 Å². The van der Waals surface area contributed by atoms with E-state index in [1.165, 1.54) is 22.3 Å². The Morgan fingerprint density at radius 1 is 0.207 bits per heavy atom. The van der Waals surface area contributed by atoms with Gasteiger partial charge < -0.3 is 29.1 Å². The van der Waals surface area contributed by atoms with Crippen molar-refractivity contribution in [2.24, 2.45) is 0 Å². The fourth-order valence-electron chi connectivity index (χ4n) is 11.5. The van der Waals surface area contributed by atoms with Crippen molar-refractivity contribution in [3.05, 3.63) is 298 Å². The minimum Gasteiger partial charge on any atom is -0.457 e. The summed E-state index contributed by atoms with van der Waals surface area (Å²) in [4.78, 5) is 9.52. The second-order valence-corrected chi connectivity index (χ2v) is 21.6. The Bertz CT molecular complexity index is 3750. The van der Waals surface area contributed by atoms with Gasteiger partial charge in [-0.1, -0.05) is 152 Å². The molecule has 11 aromatic rings. The first-order chi connectivity index (χ1) is 39.8. The molecular formula is C76H70N4O2. The third kappa shape index (κ3) is 11.1. The van der Waals surface area contributed by atoms with Gasteiger partial charge in [0.05, 0.1) is 34.1 Å². The molecule has 0 radical (unpaired) electrons. The molecule has 0 aliphatic rings. The van der Waals surface area contributed by atoms with Crippen molar-refractivity contribution in [2.45, 2.75) is 69.2 Å². The van der Waals surface area contributed by atoms with Crippen molar-refractivity contribution in [3.63, 3.8) is 0 Å². The minimum absolute atomic E-state index is 0.716. The average molecular weight is 1070 g/mol. The first kappa shape index (κ1) is 54.2. The van der Waals surface area contributed by atoms with Crippen molar-refractivity contribution < 1.29 is 9.47 Å². The Morgan fingerprint density at radius 3 is 0.805 bits per heavy atom. The molecule has 0 saturated carbocycles. The summed E-state index contributed by atoms with van der Waals surface area (Å²) in [5.41, 5.74) is 23.2. The monoisotopic (exact) mass is 1070 g/mol. The molecule has 0 amide bonds. The number of hydrogen-bond acceptors (Lipinski definition) is 6. The molecule has 0 heterocycles. The normalized spacial score (nSPS) is 11.0. The van der Waals surface area contributed by atoms with Crippen LogP contribution >= 0.6 is 0 Å². The van der Waals surface area contributed by atoms with Crippen LogP contribution in [0.2, 0.25) is 0 Å². The Labute approximate surface area is 485 Å². The fraction of sp³-hybridized carbons (Fsp3) is 0.132. The standard InChI is InChI=1S/C76H70N4O2/c1-51-26-17-19-42-71(51)77(65-45-67(49-69(47-65)81-75-57(7)32-23-33-58(75)8)79(61-36-13-11-14-37-61)73-53(3)28-21-29-54(73)4)63-40-25-41-64(44-63)78(72-43-20-18-27-52(72)2)66-46-68(50-70(48-66)82-76-59(9)34-24-35-60(76)10)80(62-38-15-12-16-39-62)74-55(5)30-22-31-56(74)6/h11-50H,1-10H3. The van der Waals surface area contributed by atoms with Gasteiger partial charge in [-0.3, -0.25) is 0 Å². The van der Waals surface area contributed by atoms with Crippen molar-refractivity contribution in [1.29, 1.82) is 0 Å². The molecule has 0 unspecified atom stereocenters. The zero-order valence-electron chi connectivity index (χ0n) is 48.7. The topological polar surface area (TPSA) is 31.4 Å². The first-order valence-electron chi connectivity index (χ1n) is 28.2. The summed E-state index contributed by atoms with van der Waals surface area (Å²) < 4.78 is 14.3. The lowest BCUT2D eigenvalue weighted by molar-refractivity contribution is 0.475. The zero-order chi connectivity index (χ0) is 57.0. The van der Waals surface area contributed by atoms with Crippen LogP contribution in [0.15, 0.2) is 243 Å². The molecule has 0 spiro atoms. The highest BCUT2D eigenvalue weighted by Crippen LogP contribution is 2.50.